The van der Waals surface area contributed by atoms with Crippen LogP contribution in [0, 0.1) is 0 Å². The van der Waals surface area contributed by atoms with Crippen molar-refractivity contribution in [2.24, 2.45) is 7.05 Å². The van der Waals surface area contributed by atoms with Crippen molar-refractivity contribution < 1.29 is 70.9 Å². The first-order chi connectivity index (χ1) is 37.3. The number of anilines is 2. The van der Waals surface area contributed by atoms with Crippen molar-refractivity contribution in [2.45, 2.75) is 88.7 Å². The van der Waals surface area contributed by atoms with Crippen molar-refractivity contribution in [1.29, 1.82) is 0 Å². The van der Waals surface area contributed by atoms with E-state index in [-0.39, 0.29) is 55.0 Å². The summed E-state index contributed by atoms with van der Waals surface area (Å²) in [5.41, 5.74) is 15.1. The van der Waals surface area contributed by atoms with Gasteiger partial charge in [-0.15, -0.1) is 0 Å². The van der Waals surface area contributed by atoms with E-state index in [1.54, 1.807) is 11.9 Å². The number of hydrogen-bond donors (Lipinski definition) is 8. The maximum atomic E-state index is 14.7. The van der Waals surface area contributed by atoms with Gasteiger partial charge in [0.15, 0.2) is 12.4 Å². The first-order valence-corrected chi connectivity index (χ1v) is 29.2. The molecule has 27 heteroatoms. The Hall–Kier alpha value is -6.53. The lowest BCUT2D eigenvalue weighted by Gasteiger charge is -2.39. The largest absolute Gasteiger partial charge is 0.481 e. The molecule has 414 valence electrons. The van der Waals surface area contributed by atoms with Crippen LogP contribution in [0.25, 0.3) is 16.7 Å². The molecular weight excluding hydrogens is 1050 g/mol. The van der Waals surface area contributed by atoms with E-state index in [0.717, 1.165) is 111 Å². The SMILES string of the molecule is CN(CCCC(=O)NCCNC(=O)O[C@@H]1[C@H](O)[C@@H](COP(=O)(O)OP(=O)(O)O)O[C@H]1[n+]1cn(C)c2c(=O)[nH]c(N)nc21)C(=O)c1ccccc1C1=c2cc3c4c(c2Oc2c1cc1c5c2CCCN5CCC1)CCC[N+]=4CCC3. The van der Waals surface area contributed by atoms with Crippen LogP contribution in [0.3, 0.4) is 0 Å². The standard InChI is InChI=1S/C51H60N10O15P2/c1-57(19-9-16-37(62)53-17-18-54-51(66)75-45-42(63)36(26-72-78(70,71)76-77(67,68)69)73-49(45)61-27-58(2)41-46(61)55-50(52)56-47(41)64)48(65)31-13-4-3-12-30(31)38-34-24-28-10-5-20-59-22-7-14-32(39(28)59)43(34)74-44-33-15-8-23-60-21-6-11-29(40(33)60)25-35(38)44/h3-4,12-13,24-25,27,36,42,45,49,63H,5-11,14-23,26H2,1-2H3,(H6-2,52,53,54,55,56,62,64,66,67,68,69,70,71)/p+2/t36-,42-,45-,49-/m1/s1. The molecule has 3 amide bonds. The molecule has 0 spiro atoms. The van der Waals surface area contributed by atoms with Crippen LogP contribution in [-0.2, 0) is 65.0 Å². The zero-order chi connectivity index (χ0) is 54.8. The number of phosphoric acid groups is 2. The van der Waals surface area contributed by atoms with Crippen molar-refractivity contribution in [2.75, 3.05) is 70.1 Å². The van der Waals surface area contributed by atoms with Crippen LogP contribution in [0.15, 0.2) is 47.5 Å². The van der Waals surface area contributed by atoms with Crippen molar-refractivity contribution >= 4 is 61.9 Å². The fraction of sp³-hybridized carbons (Fsp3) is 0.471. The van der Waals surface area contributed by atoms with Gasteiger partial charge in [0, 0.05) is 97.8 Å². The van der Waals surface area contributed by atoms with Crippen molar-refractivity contribution in [3.05, 3.63) is 103 Å². The van der Waals surface area contributed by atoms with E-state index in [1.165, 1.54) is 55.8 Å². The quantitative estimate of drug-likeness (QED) is 0.0378. The second-order valence-corrected chi connectivity index (χ2v) is 23.3. The molecule has 1 fully saturated rings. The minimum absolute atomic E-state index is 0.0124. The highest BCUT2D eigenvalue weighted by atomic mass is 31.3. The number of carbonyl (C=O) groups is 3. The number of rotatable bonds is 16. The second kappa shape index (κ2) is 21.3. The van der Waals surface area contributed by atoms with Crippen LogP contribution in [0.5, 0.6) is 11.5 Å². The van der Waals surface area contributed by atoms with Gasteiger partial charge in [-0.3, -0.25) is 28.5 Å². The van der Waals surface area contributed by atoms with Crippen LogP contribution in [0.1, 0.15) is 88.5 Å². The molecule has 9 N–H and O–H groups in total. The summed E-state index contributed by atoms with van der Waals surface area (Å²) in [7, 11) is -7.65. The summed E-state index contributed by atoms with van der Waals surface area (Å²) in [6, 6.07) is 12.4. The molecule has 25 nitrogen and oxygen atoms in total. The molecule has 1 saturated heterocycles. The topological polar surface area (TPSA) is 327 Å². The normalized spacial score (nSPS) is 20.9. The Bertz CT molecular complexity index is 3580. The third-order valence-corrected chi connectivity index (χ3v) is 17.5. The number of H-pyrrole nitrogens is 1. The van der Waals surface area contributed by atoms with Gasteiger partial charge in [-0.05, 0) is 74.3 Å². The molecule has 3 aromatic carbocycles. The average molecular weight is 1120 g/mol. The molecule has 0 saturated carbocycles. The molecule has 8 heterocycles. The molecular formula is C51H62N10O15P2+2. The van der Waals surface area contributed by atoms with Gasteiger partial charge in [0.05, 0.1) is 19.2 Å². The summed E-state index contributed by atoms with van der Waals surface area (Å²) >= 11 is 0. The van der Waals surface area contributed by atoms with Gasteiger partial charge in [0.1, 0.15) is 36.8 Å². The number of aromatic nitrogens is 4. The van der Waals surface area contributed by atoms with Gasteiger partial charge in [-0.2, -0.15) is 4.31 Å². The van der Waals surface area contributed by atoms with Crippen molar-refractivity contribution in [3.8, 4) is 11.5 Å². The predicted octanol–water partition coefficient (Wildman–Crippen LogP) is 0.815. The number of benzene rings is 3. The Morgan fingerprint density at radius 1 is 0.962 bits per heavy atom. The lowest BCUT2D eigenvalue weighted by atomic mass is 9.81. The number of ether oxygens (including phenoxy) is 3. The van der Waals surface area contributed by atoms with Gasteiger partial charge >= 0.3 is 27.4 Å². The first kappa shape index (κ1) is 53.5. The number of imidazole rings is 1. The Balaban J connectivity index is 0.747. The van der Waals surface area contributed by atoms with Gasteiger partial charge in [0.25, 0.3) is 17.4 Å². The number of nitrogens with zero attached hydrogens (tertiary/aromatic N) is 6. The lowest BCUT2D eigenvalue weighted by molar-refractivity contribution is -0.745. The summed E-state index contributed by atoms with van der Waals surface area (Å²) in [5, 5.41) is 18.9. The number of nitrogens with one attached hydrogen (secondary N) is 3. The van der Waals surface area contributed by atoms with E-state index >= 15 is 0 Å². The first-order valence-electron chi connectivity index (χ1n) is 26.2. The molecule has 78 heavy (non-hydrogen) atoms. The van der Waals surface area contributed by atoms with Crippen molar-refractivity contribution in [1.82, 2.24) is 34.6 Å². The maximum absolute atomic E-state index is 14.7. The lowest BCUT2D eigenvalue weighted by Crippen LogP contribution is -2.49. The van der Waals surface area contributed by atoms with Crippen LogP contribution in [-0.4, -0.2) is 135 Å². The van der Waals surface area contributed by atoms with E-state index in [1.807, 2.05) is 24.3 Å². The molecule has 1 unspecified atom stereocenters. The number of amides is 3. The zero-order valence-electron chi connectivity index (χ0n) is 43.0. The van der Waals surface area contributed by atoms with Crippen molar-refractivity contribution in [3.63, 3.8) is 0 Å². The van der Waals surface area contributed by atoms with Crippen LogP contribution < -0.4 is 51.3 Å². The molecule has 6 aliphatic rings. The summed E-state index contributed by atoms with van der Waals surface area (Å²) < 4.78 is 55.7. The minimum atomic E-state index is -5.49. The molecule has 11 rings (SSSR count). The number of aryl methyl sites for hydroxylation is 3. The number of carbonyl (C=O) groups excluding carboxylic acids is 3. The monoisotopic (exact) mass is 1120 g/mol. The average Bonchev–Trinajstić information content (AvgIpc) is 4.03. The highest BCUT2D eigenvalue weighted by molar-refractivity contribution is 7.60. The summed E-state index contributed by atoms with van der Waals surface area (Å²) in [4.78, 5) is 92.3. The highest BCUT2D eigenvalue weighted by Crippen LogP contribution is 2.58. The molecule has 0 aliphatic carbocycles. The van der Waals surface area contributed by atoms with E-state index < -0.39 is 58.4 Å². The molecule has 5 aromatic rings. The summed E-state index contributed by atoms with van der Waals surface area (Å²) in [6.45, 7) is 3.26. The number of hydrogen-bond acceptors (Lipinski definition) is 15. The number of aliphatic hydroxyl groups excluding tert-OH is 1. The van der Waals surface area contributed by atoms with Crippen LogP contribution in [0.2, 0.25) is 0 Å². The van der Waals surface area contributed by atoms with E-state index in [9.17, 15) is 38.3 Å². The molecule has 6 aliphatic heterocycles. The van der Waals surface area contributed by atoms with Gasteiger partial charge in [-0.25, -0.2) is 23.1 Å². The summed E-state index contributed by atoms with van der Waals surface area (Å²) in [6.07, 6.45) is 2.26. The minimum Gasteiger partial charge on any atom is -0.455 e. The van der Waals surface area contributed by atoms with Gasteiger partial charge < -0.3 is 60.2 Å². The number of alkyl carbamates (subject to hydrolysis) is 1. The van der Waals surface area contributed by atoms with E-state index in [2.05, 4.69) is 51.0 Å². The molecule has 2 aromatic heterocycles. The van der Waals surface area contributed by atoms with Crippen LogP contribution >= 0.6 is 15.6 Å². The van der Waals surface area contributed by atoms with Gasteiger partial charge in [0.2, 0.25) is 23.0 Å². The number of aromatic amines is 1. The molecule has 5 atom stereocenters. The molecule has 0 bridgehead atoms. The number of phosphoric ester groups is 1. The Morgan fingerprint density at radius 3 is 2.49 bits per heavy atom. The van der Waals surface area contributed by atoms with E-state index in [4.69, 9.17) is 29.7 Å². The smallest absolute Gasteiger partial charge is 0.455 e. The third-order valence-electron chi connectivity index (χ3n) is 15.3. The Labute approximate surface area is 446 Å². The predicted molar refractivity (Wildman–Crippen MR) is 279 cm³/mol. The fourth-order valence-electron chi connectivity index (χ4n) is 12.1. The highest BCUT2D eigenvalue weighted by Gasteiger charge is 2.51. The Kier molecular flexibility index (Phi) is 14.6. The summed E-state index contributed by atoms with van der Waals surface area (Å²) in [5.74, 6) is 1.02. The number of fused-ring (bicyclic) bond motifs is 5. The fourth-order valence-corrected chi connectivity index (χ4v) is 13.7. The zero-order valence-corrected chi connectivity index (χ0v) is 44.8. The third kappa shape index (κ3) is 10.3. The maximum Gasteiger partial charge on any atom is 0.481 e. The number of nitrogen functional groups attached to an aromatic ring is 1. The Morgan fingerprint density at radius 2 is 1.69 bits per heavy atom. The molecule has 0 radical (unpaired) electrons. The van der Waals surface area contributed by atoms with Crippen LogP contribution in [0.4, 0.5) is 16.4 Å². The van der Waals surface area contributed by atoms with Gasteiger partial charge in [-0.1, -0.05) is 23.2 Å². The second-order valence-electron chi connectivity index (χ2n) is 20.5. The van der Waals surface area contributed by atoms with E-state index in [0.29, 0.717) is 12.0 Å². The number of nitrogens with two attached hydrogens (primary N) is 1. The number of aliphatic hydroxyl groups is 1.